The minimum atomic E-state index is 1.18. The third-order valence-corrected chi connectivity index (χ3v) is 2.59. The fraction of sp³-hybridized carbons (Fsp3) is 0.889. The van der Waals surface area contributed by atoms with Crippen molar-refractivity contribution in [2.45, 2.75) is 38.5 Å². The number of thiocarbonyl (C=S) groups is 1. The fourth-order valence-electron chi connectivity index (χ4n) is 1.55. The lowest BCUT2D eigenvalue weighted by Gasteiger charge is -2.16. The Morgan fingerprint density at radius 3 is 1.73 bits per heavy atom. The van der Waals surface area contributed by atoms with Crippen molar-refractivity contribution in [2.24, 2.45) is 0 Å². The minimum absolute atomic E-state index is 1.18. The van der Waals surface area contributed by atoms with E-state index in [2.05, 4.69) is 4.90 Å². The van der Waals surface area contributed by atoms with Crippen LogP contribution in [0.1, 0.15) is 38.5 Å². The molecule has 2 heteroatoms. The second kappa shape index (κ2) is 5.53. The van der Waals surface area contributed by atoms with Crippen molar-refractivity contribution in [1.29, 1.82) is 0 Å². The monoisotopic (exact) mass is 171 g/mol. The van der Waals surface area contributed by atoms with Crippen LogP contribution in [0.4, 0.5) is 0 Å². The van der Waals surface area contributed by atoms with E-state index in [9.17, 15) is 0 Å². The van der Waals surface area contributed by atoms with Crippen molar-refractivity contribution >= 4 is 17.7 Å². The van der Waals surface area contributed by atoms with Crippen LogP contribution in [0.25, 0.3) is 0 Å². The van der Waals surface area contributed by atoms with Crippen molar-refractivity contribution in [3.63, 3.8) is 0 Å². The SMILES string of the molecule is S=CN1CCCCCCCC1. The highest BCUT2D eigenvalue weighted by Gasteiger charge is 2.01. The van der Waals surface area contributed by atoms with Gasteiger partial charge in [-0.1, -0.05) is 37.9 Å². The van der Waals surface area contributed by atoms with E-state index in [0.29, 0.717) is 0 Å². The van der Waals surface area contributed by atoms with Gasteiger partial charge in [-0.25, -0.2) is 0 Å². The molecule has 1 heterocycles. The van der Waals surface area contributed by atoms with Crippen molar-refractivity contribution in [1.82, 2.24) is 4.90 Å². The molecule has 0 saturated carbocycles. The van der Waals surface area contributed by atoms with Gasteiger partial charge in [-0.3, -0.25) is 0 Å². The second-order valence-electron chi connectivity index (χ2n) is 3.26. The van der Waals surface area contributed by atoms with Crippen molar-refractivity contribution in [3.8, 4) is 0 Å². The van der Waals surface area contributed by atoms with Gasteiger partial charge in [0.2, 0.25) is 0 Å². The zero-order chi connectivity index (χ0) is 7.94. The number of hydrogen-bond acceptors (Lipinski definition) is 1. The molecule has 0 bridgehead atoms. The van der Waals surface area contributed by atoms with Crippen LogP contribution in [-0.4, -0.2) is 23.5 Å². The first kappa shape index (κ1) is 8.98. The molecule has 0 spiro atoms. The number of rotatable bonds is 1. The van der Waals surface area contributed by atoms with Gasteiger partial charge in [0.05, 0.1) is 5.49 Å². The summed E-state index contributed by atoms with van der Waals surface area (Å²) < 4.78 is 0. The molecule has 0 aromatic carbocycles. The fourth-order valence-corrected chi connectivity index (χ4v) is 1.76. The molecule has 0 atom stereocenters. The normalized spacial score (nSPS) is 21.6. The summed E-state index contributed by atoms with van der Waals surface area (Å²) in [5.74, 6) is 0. The van der Waals surface area contributed by atoms with Crippen LogP contribution < -0.4 is 0 Å². The Morgan fingerprint density at radius 2 is 1.27 bits per heavy atom. The molecule has 1 fully saturated rings. The maximum Gasteiger partial charge on any atom is 0.0640 e. The Labute approximate surface area is 74.8 Å². The average Bonchev–Trinajstić information content (AvgIpc) is 2.16. The van der Waals surface area contributed by atoms with E-state index in [1.54, 1.807) is 0 Å². The molecule has 1 aliphatic rings. The van der Waals surface area contributed by atoms with Gasteiger partial charge >= 0.3 is 0 Å². The Balaban J connectivity index is 2.24. The van der Waals surface area contributed by atoms with E-state index < -0.39 is 0 Å². The molecule has 0 aliphatic carbocycles. The van der Waals surface area contributed by atoms with Crippen molar-refractivity contribution < 1.29 is 0 Å². The molecule has 0 N–H and O–H groups in total. The zero-order valence-corrected chi connectivity index (χ0v) is 7.91. The highest BCUT2D eigenvalue weighted by atomic mass is 32.1. The standard InChI is InChI=1S/C9H17NS/c11-9-10-7-5-3-1-2-4-6-8-10/h9H,1-8H2. The summed E-state index contributed by atoms with van der Waals surface area (Å²) in [5, 5.41) is 0. The Morgan fingerprint density at radius 1 is 0.818 bits per heavy atom. The lowest BCUT2D eigenvalue weighted by molar-refractivity contribution is 0.422. The first-order chi connectivity index (χ1) is 5.43. The summed E-state index contributed by atoms with van der Waals surface area (Å²) in [5.41, 5.74) is 1.82. The first-order valence-electron chi connectivity index (χ1n) is 4.63. The third-order valence-electron chi connectivity index (χ3n) is 2.29. The predicted molar refractivity (Wildman–Crippen MR) is 52.9 cm³/mol. The second-order valence-corrected chi connectivity index (χ2v) is 3.47. The molecule has 11 heavy (non-hydrogen) atoms. The molecular formula is C9H17NS. The van der Waals surface area contributed by atoms with E-state index >= 15 is 0 Å². The molecular weight excluding hydrogens is 154 g/mol. The van der Waals surface area contributed by atoms with E-state index in [1.807, 2.05) is 5.49 Å². The smallest absolute Gasteiger partial charge is 0.0640 e. The third kappa shape index (κ3) is 3.71. The van der Waals surface area contributed by atoms with Crippen LogP contribution in [-0.2, 0) is 0 Å². The Bertz CT molecular complexity index is 104. The van der Waals surface area contributed by atoms with E-state index in [1.165, 1.54) is 51.6 Å². The highest BCUT2D eigenvalue weighted by Crippen LogP contribution is 2.09. The van der Waals surface area contributed by atoms with Crippen LogP contribution >= 0.6 is 12.2 Å². The van der Waals surface area contributed by atoms with Gasteiger partial charge in [0.25, 0.3) is 0 Å². The lowest BCUT2D eigenvalue weighted by atomic mass is 10.1. The molecule has 0 aromatic rings. The van der Waals surface area contributed by atoms with Crippen LogP contribution in [0.5, 0.6) is 0 Å². The average molecular weight is 171 g/mol. The van der Waals surface area contributed by atoms with Crippen LogP contribution in [0.3, 0.4) is 0 Å². The topological polar surface area (TPSA) is 3.24 Å². The number of hydrogen-bond donors (Lipinski definition) is 0. The lowest BCUT2D eigenvalue weighted by Crippen LogP contribution is -2.22. The molecule has 64 valence electrons. The predicted octanol–water partition coefficient (Wildman–Crippen LogP) is 2.60. The van der Waals surface area contributed by atoms with Crippen molar-refractivity contribution in [2.75, 3.05) is 13.1 Å². The maximum atomic E-state index is 4.92. The minimum Gasteiger partial charge on any atom is -0.369 e. The molecule has 1 rings (SSSR count). The molecule has 0 unspecified atom stereocenters. The molecule has 1 aliphatic heterocycles. The zero-order valence-electron chi connectivity index (χ0n) is 7.09. The van der Waals surface area contributed by atoms with E-state index in [4.69, 9.17) is 12.2 Å². The summed E-state index contributed by atoms with van der Waals surface area (Å²) in [6, 6.07) is 0. The van der Waals surface area contributed by atoms with Gasteiger partial charge < -0.3 is 4.90 Å². The largest absolute Gasteiger partial charge is 0.369 e. The quantitative estimate of drug-likeness (QED) is 0.558. The molecule has 0 amide bonds. The van der Waals surface area contributed by atoms with Gasteiger partial charge in [-0.05, 0) is 12.8 Å². The molecule has 0 radical (unpaired) electrons. The van der Waals surface area contributed by atoms with Gasteiger partial charge in [0.15, 0.2) is 0 Å². The summed E-state index contributed by atoms with van der Waals surface area (Å²) >= 11 is 4.92. The highest BCUT2D eigenvalue weighted by molar-refractivity contribution is 7.78. The summed E-state index contributed by atoms with van der Waals surface area (Å²) in [6.07, 6.45) is 8.27. The summed E-state index contributed by atoms with van der Waals surface area (Å²) in [7, 11) is 0. The number of nitrogens with zero attached hydrogens (tertiary/aromatic N) is 1. The molecule has 1 nitrogen and oxygen atoms in total. The van der Waals surface area contributed by atoms with E-state index in [0.717, 1.165) is 0 Å². The van der Waals surface area contributed by atoms with Crippen LogP contribution in [0.15, 0.2) is 0 Å². The van der Waals surface area contributed by atoms with Gasteiger partial charge in [-0.15, -0.1) is 0 Å². The maximum absolute atomic E-state index is 4.92. The molecule has 0 aromatic heterocycles. The Kier molecular flexibility index (Phi) is 4.51. The van der Waals surface area contributed by atoms with Crippen molar-refractivity contribution in [3.05, 3.63) is 0 Å². The Hall–Kier alpha value is -0.110. The van der Waals surface area contributed by atoms with Crippen LogP contribution in [0.2, 0.25) is 0 Å². The first-order valence-corrected chi connectivity index (χ1v) is 5.10. The summed E-state index contributed by atoms with van der Waals surface area (Å²) in [6.45, 7) is 2.37. The molecule has 1 saturated heterocycles. The summed E-state index contributed by atoms with van der Waals surface area (Å²) in [4.78, 5) is 2.28. The van der Waals surface area contributed by atoms with Gasteiger partial charge in [0.1, 0.15) is 0 Å². The van der Waals surface area contributed by atoms with Gasteiger partial charge in [0, 0.05) is 13.1 Å². The van der Waals surface area contributed by atoms with Crippen LogP contribution in [0, 0.1) is 0 Å². The van der Waals surface area contributed by atoms with Gasteiger partial charge in [-0.2, -0.15) is 0 Å². The van der Waals surface area contributed by atoms with E-state index in [-0.39, 0.29) is 0 Å².